The van der Waals surface area contributed by atoms with Gasteiger partial charge in [0.1, 0.15) is 0 Å². The Morgan fingerprint density at radius 1 is 1.30 bits per heavy atom. The van der Waals surface area contributed by atoms with Crippen LogP contribution in [0.3, 0.4) is 0 Å². The van der Waals surface area contributed by atoms with Crippen molar-refractivity contribution in [2.75, 3.05) is 13.1 Å². The van der Waals surface area contributed by atoms with Gasteiger partial charge in [0, 0.05) is 32.1 Å². The second-order valence-corrected chi connectivity index (χ2v) is 6.04. The van der Waals surface area contributed by atoms with Gasteiger partial charge in [0.05, 0.1) is 22.7 Å². The third-order valence-corrected chi connectivity index (χ3v) is 4.44. The van der Waals surface area contributed by atoms with E-state index in [-0.39, 0.29) is 5.41 Å². The van der Waals surface area contributed by atoms with Gasteiger partial charge in [0.15, 0.2) is 0 Å². The monoisotopic (exact) mass is 268 g/mol. The van der Waals surface area contributed by atoms with E-state index in [0.29, 0.717) is 0 Å². The fourth-order valence-corrected chi connectivity index (χ4v) is 2.93. The number of aromatic nitrogens is 2. The Morgan fingerprint density at radius 3 is 2.70 bits per heavy atom. The Labute approximate surface area is 119 Å². The van der Waals surface area contributed by atoms with E-state index < -0.39 is 0 Å². The Morgan fingerprint density at radius 2 is 2.00 bits per heavy atom. The van der Waals surface area contributed by atoms with Crippen LogP contribution in [0.25, 0.3) is 10.9 Å². The molecular formula is C16H20N4. The molecule has 0 unspecified atom stereocenters. The molecule has 0 aliphatic carbocycles. The van der Waals surface area contributed by atoms with Crippen molar-refractivity contribution in [1.82, 2.24) is 14.7 Å². The van der Waals surface area contributed by atoms with E-state index in [9.17, 15) is 5.26 Å². The number of likely N-dealkylation sites (tertiary alicyclic amines) is 1. The van der Waals surface area contributed by atoms with Crippen LogP contribution in [0.4, 0.5) is 0 Å². The predicted octanol–water partition coefficient (Wildman–Crippen LogP) is 2.70. The Hall–Kier alpha value is -1.86. The topological polar surface area (TPSA) is 44.9 Å². The number of piperidine rings is 1. The average Bonchev–Trinajstić information content (AvgIpc) is 2.79. The molecule has 4 nitrogen and oxygen atoms in total. The second kappa shape index (κ2) is 4.92. The van der Waals surface area contributed by atoms with Crippen LogP contribution in [0.15, 0.2) is 24.3 Å². The van der Waals surface area contributed by atoms with Crippen molar-refractivity contribution in [3.05, 3.63) is 30.0 Å². The molecule has 1 fully saturated rings. The third kappa shape index (κ3) is 2.30. The average molecular weight is 268 g/mol. The van der Waals surface area contributed by atoms with Crippen molar-refractivity contribution in [2.24, 2.45) is 12.5 Å². The molecule has 0 spiro atoms. The molecule has 0 saturated carbocycles. The molecule has 1 aromatic carbocycles. The minimum absolute atomic E-state index is 0.136. The minimum Gasteiger partial charge on any atom is -0.297 e. The lowest BCUT2D eigenvalue weighted by atomic mass is 9.82. The van der Waals surface area contributed by atoms with Crippen molar-refractivity contribution in [3.8, 4) is 6.07 Å². The van der Waals surface area contributed by atoms with Crippen LogP contribution < -0.4 is 0 Å². The molecule has 2 heterocycles. The number of hydrogen-bond donors (Lipinski definition) is 0. The van der Waals surface area contributed by atoms with Gasteiger partial charge < -0.3 is 0 Å². The van der Waals surface area contributed by atoms with Gasteiger partial charge in [-0.3, -0.25) is 9.58 Å². The van der Waals surface area contributed by atoms with Gasteiger partial charge in [-0.15, -0.1) is 0 Å². The van der Waals surface area contributed by atoms with E-state index in [0.717, 1.165) is 38.2 Å². The van der Waals surface area contributed by atoms with E-state index in [1.54, 1.807) is 0 Å². The van der Waals surface area contributed by atoms with E-state index in [2.05, 4.69) is 41.2 Å². The van der Waals surface area contributed by atoms with Crippen LogP contribution in [0, 0.1) is 16.7 Å². The number of hydrogen-bond acceptors (Lipinski definition) is 3. The molecule has 0 amide bonds. The number of nitriles is 1. The summed E-state index contributed by atoms with van der Waals surface area (Å²) in [7, 11) is 1.99. The lowest BCUT2D eigenvalue weighted by Gasteiger charge is -2.34. The van der Waals surface area contributed by atoms with Crippen molar-refractivity contribution in [2.45, 2.75) is 26.3 Å². The molecule has 104 valence electrons. The highest BCUT2D eigenvalue weighted by molar-refractivity contribution is 5.81. The van der Waals surface area contributed by atoms with Crippen LogP contribution in [-0.2, 0) is 13.6 Å². The van der Waals surface area contributed by atoms with Crippen molar-refractivity contribution in [1.29, 1.82) is 5.26 Å². The third-order valence-electron chi connectivity index (χ3n) is 4.44. The summed E-state index contributed by atoms with van der Waals surface area (Å²) in [5.41, 5.74) is 2.19. The maximum atomic E-state index is 9.19. The van der Waals surface area contributed by atoms with Gasteiger partial charge in [0.25, 0.3) is 0 Å². The Kier molecular flexibility index (Phi) is 3.23. The largest absolute Gasteiger partial charge is 0.297 e. The molecule has 0 N–H and O–H groups in total. The quantitative estimate of drug-likeness (QED) is 0.841. The highest BCUT2D eigenvalue weighted by Gasteiger charge is 2.30. The summed E-state index contributed by atoms with van der Waals surface area (Å²) in [6, 6.07) is 10.8. The molecule has 20 heavy (non-hydrogen) atoms. The highest BCUT2D eigenvalue weighted by atomic mass is 15.3. The zero-order valence-corrected chi connectivity index (χ0v) is 12.1. The number of nitrogens with zero attached hydrogens (tertiary/aromatic N) is 4. The molecular weight excluding hydrogens is 248 g/mol. The lowest BCUT2D eigenvalue weighted by Crippen LogP contribution is -2.37. The molecule has 2 aromatic rings. The first-order chi connectivity index (χ1) is 9.61. The molecule has 1 aromatic heterocycles. The normalized spacial score (nSPS) is 19.1. The molecule has 4 heteroatoms. The van der Waals surface area contributed by atoms with E-state index in [1.165, 1.54) is 10.9 Å². The number of rotatable bonds is 2. The van der Waals surface area contributed by atoms with Gasteiger partial charge in [-0.2, -0.15) is 10.4 Å². The molecule has 3 rings (SSSR count). The fourth-order valence-electron chi connectivity index (χ4n) is 2.93. The fraction of sp³-hybridized carbons (Fsp3) is 0.500. The first-order valence-electron chi connectivity index (χ1n) is 7.15. The predicted molar refractivity (Wildman–Crippen MR) is 78.9 cm³/mol. The Balaban J connectivity index is 1.77. The maximum absolute atomic E-state index is 9.19. The number of aryl methyl sites for hydroxylation is 1. The Bertz CT molecular complexity index is 657. The van der Waals surface area contributed by atoms with Crippen LogP contribution in [0.5, 0.6) is 0 Å². The maximum Gasteiger partial charge on any atom is 0.0843 e. The summed E-state index contributed by atoms with van der Waals surface area (Å²) in [5.74, 6) is 0. The zero-order valence-electron chi connectivity index (χ0n) is 12.1. The van der Waals surface area contributed by atoms with E-state index in [4.69, 9.17) is 0 Å². The molecule has 0 bridgehead atoms. The van der Waals surface area contributed by atoms with Crippen LogP contribution in [0.2, 0.25) is 0 Å². The summed E-state index contributed by atoms with van der Waals surface area (Å²) in [5, 5.41) is 15.1. The minimum atomic E-state index is -0.136. The zero-order chi connectivity index (χ0) is 14.2. The first kappa shape index (κ1) is 13.1. The highest BCUT2D eigenvalue weighted by Crippen LogP contribution is 2.30. The van der Waals surface area contributed by atoms with Crippen molar-refractivity contribution in [3.63, 3.8) is 0 Å². The van der Waals surface area contributed by atoms with E-state index in [1.807, 2.05) is 17.8 Å². The van der Waals surface area contributed by atoms with Gasteiger partial charge in [-0.05, 0) is 25.8 Å². The van der Waals surface area contributed by atoms with Crippen molar-refractivity contribution < 1.29 is 0 Å². The van der Waals surface area contributed by atoms with Crippen molar-refractivity contribution >= 4 is 10.9 Å². The van der Waals surface area contributed by atoms with Crippen LogP contribution >= 0.6 is 0 Å². The van der Waals surface area contributed by atoms with E-state index >= 15 is 0 Å². The summed E-state index contributed by atoms with van der Waals surface area (Å²) >= 11 is 0. The molecule has 0 radical (unpaired) electrons. The van der Waals surface area contributed by atoms with Crippen LogP contribution in [0.1, 0.15) is 25.5 Å². The lowest BCUT2D eigenvalue weighted by molar-refractivity contribution is 0.149. The number of para-hydroxylation sites is 1. The number of benzene rings is 1. The SMILES string of the molecule is Cn1nc(CN2CCC(C)(C#N)CC2)c2ccccc21. The van der Waals surface area contributed by atoms with Gasteiger partial charge in [0.2, 0.25) is 0 Å². The summed E-state index contributed by atoms with van der Waals surface area (Å²) in [4.78, 5) is 2.41. The summed E-state index contributed by atoms with van der Waals surface area (Å²) in [6.45, 7) is 4.91. The standard InChI is InChI=1S/C16H20N4/c1-16(12-17)7-9-20(10-8-16)11-14-13-5-3-4-6-15(13)19(2)18-14/h3-6H,7-11H2,1-2H3. The van der Waals surface area contributed by atoms with Gasteiger partial charge >= 0.3 is 0 Å². The summed E-state index contributed by atoms with van der Waals surface area (Å²) < 4.78 is 1.95. The molecule has 1 aliphatic rings. The van der Waals surface area contributed by atoms with Gasteiger partial charge in [-0.25, -0.2) is 0 Å². The molecule has 1 saturated heterocycles. The number of fused-ring (bicyclic) bond motifs is 1. The second-order valence-electron chi connectivity index (χ2n) is 6.04. The molecule has 1 aliphatic heterocycles. The summed E-state index contributed by atoms with van der Waals surface area (Å²) in [6.07, 6.45) is 1.91. The molecule has 0 atom stereocenters. The smallest absolute Gasteiger partial charge is 0.0843 e. The van der Waals surface area contributed by atoms with Gasteiger partial charge in [-0.1, -0.05) is 18.2 Å². The van der Waals surface area contributed by atoms with Crippen LogP contribution in [-0.4, -0.2) is 27.8 Å². The first-order valence-corrected chi connectivity index (χ1v) is 7.15.